The first kappa shape index (κ1) is 48.3. The lowest BCUT2D eigenvalue weighted by Gasteiger charge is -2.47. The van der Waals surface area contributed by atoms with Crippen molar-refractivity contribution in [3.8, 4) is 12.3 Å². The van der Waals surface area contributed by atoms with Gasteiger partial charge in [0.1, 0.15) is 24.4 Å². The normalized spacial score (nSPS) is 43.8. The molecule has 3 aliphatic rings. The number of likely N-dealkylation sites (N-methyl/N-ethyl adjacent to an activating group) is 1. The summed E-state index contributed by atoms with van der Waals surface area (Å²) in [5.74, 6) is 0.0830. The number of carbonyl (C=O) groups is 2. The molecule has 3 saturated heterocycles. The van der Waals surface area contributed by atoms with E-state index in [0.29, 0.717) is 38.6 Å². The zero-order chi connectivity index (χ0) is 42.3. The maximum atomic E-state index is 14.3. The number of cyclic esters (lactones) is 1. The first-order valence-corrected chi connectivity index (χ1v) is 20.5. The van der Waals surface area contributed by atoms with Crippen LogP contribution >= 0.6 is 0 Å². The van der Waals surface area contributed by atoms with Crippen LogP contribution < -0.4 is 0 Å². The fraction of sp³-hybridized carbons (Fsp3) is 0.905. The van der Waals surface area contributed by atoms with Crippen molar-refractivity contribution in [3.05, 3.63) is 0 Å². The molecule has 0 radical (unpaired) electrons. The number of esters is 1. The van der Waals surface area contributed by atoms with Crippen molar-refractivity contribution in [2.24, 2.45) is 17.8 Å². The zero-order valence-electron chi connectivity index (χ0n) is 36.4. The summed E-state index contributed by atoms with van der Waals surface area (Å²) in [6.07, 6.45) is 1.19. The van der Waals surface area contributed by atoms with Gasteiger partial charge in [0.25, 0.3) is 0 Å². The number of aliphatic hydroxyl groups excluding tert-OH is 1. The summed E-state index contributed by atoms with van der Waals surface area (Å²) in [6.45, 7) is 18.8. The standard InChI is InChI=1S/C42H74N2O12/c1-15-17-18-51-39(47)44(13)31-19-26(4)52-33(20-31)56-37-28(6)35(55-34-23-40(9,50-14)22-27(5)53-34)29(7)38(46)54-32(16-2)42(11,49)36(45)30(8)43(12)24-25(3)21-41(37,10)48/h1,25-37,45,48-49H,16-24H2,2-14H3/t25-,26-,27+,28+,29-,30-,31+,32-,33+,34+,35+,36-,37-,40+,41-,42-/m1/s1. The van der Waals surface area contributed by atoms with Crippen molar-refractivity contribution in [1.82, 2.24) is 9.80 Å². The first-order valence-electron chi connectivity index (χ1n) is 20.5. The summed E-state index contributed by atoms with van der Waals surface area (Å²) in [6, 6.07) is -0.826. The second-order valence-corrected chi connectivity index (χ2v) is 17.8. The number of ether oxygens (including phenoxy) is 7. The minimum absolute atomic E-state index is 0.109. The molecular weight excluding hydrogens is 724 g/mol. The second kappa shape index (κ2) is 20.3. The summed E-state index contributed by atoms with van der Waals surface area (Å²) < 4.78 is 43.7. The third-order valence-electron chi connectivity index (χ3n) is 12.4. The monoisotopic (exact) mass is 799 g/mol. The van der Waals surface area contributed by atoms with E-state index >= 15 is 0 Å². The molecule has 0 aliphatic carbocycles. The maximum absolute atomic E-state index is 14.3. The first-order chi connectivity index (χ1) is 26.0. The van der Waals surface area contributed by atoms with Crippen LogP contribution in [-0.4, -0.2) is 150 Å². The molecule has 0 aromatic heterocycles. The van der Waals surface area contributed by atoms with E-state index in [-0.39, 0.29) is 43.6 Å². The maximum Gasteiger partial charge on any atom is 0.409 e. The molecule has 1 amide bonds. The molecule has 14 heteroatoms. The summed E-state index contributed by atoms with van der Waals surface area (Å²) in [4.78, 5) is 30.7. The molecule has 324 valence electrons. The van der Waals surface area contributed by atoms with Gasteiger partial charge in [-0.2, -0.15) is 0 Å². The average molecular weight is 799 g/mol. The molecule has 0 aromatic rings. The molecule has 0 saturated carbocycles. The summed E-state index contributed by atoms with van der Waals surface area (Å²) in [5.41, 5.74) is -3.84. The number of aliphatic hydroxyl groups is 3. The van der Waals surface area contributed by atoms with Crippen molar-refractivity contribution in [1.29, 1.82) is 0 Å². The molecule has 16 atom stereocenters. The van der Waals surface area contributed by atoms with E-state index in [1.54, 1.807) is 34.9 Å². The van der Waals surface area contributed by atoms with Gasteiger partial charge in [-0.1, -0.05) is 20.8 Å². The highest BCUT2D eigenvalue weighted by atomic mass is 16.7. The number of methoxy groups -OCH3 is 1. The molecule has 0 unspecified atom stereocenters. The number of hydrogen-bond donors (Lipinski definition) is 3. The summed E-state index contributed by atoms with van der Waals surface area (Å²) >= 11 is 0. The molecule has 3 heterocycles. The highest BCUT2D eigenvalue weighted by Gasteiger charge is 2.51. The molecule has 3 fully saturated rings. The van der Waals surface area contributed by atoms with E-state index in [2.05, 4.69) is 5.92 Å². The Labute approximate surface area is 336 Å². The van der Waals surface area contributed by atoms with Gasteiger partial charge in [-0.15, -0.1) is 12.3 Å². The Balaban J connectivity index is 2.11. The second-order valence-electron chi connectivity index (χ2n) is 17.8. The Morgan fingerprint density at radius 2 is 1.64 bits per heavy atom. The third kappa shape index (κ3) is 12.2. The van der Waals surface area contributed by atoms with Crippen LogP contribution in [0.2, 0.25) is 0 Å². The van der Waals surface area contributed by atoms with Gasteiger partial charge in [0.2, 0.25) is 0 Å². The number of carbonyl (C=O) groups excluding carboxylic acids is 2. The largest absolute Gasteiger partial charge is 0.459 e. The van der Waals surface area contributed by atoms with E-state index < -0.39 is 83.7 Å². The van der Waals surface area contributed by atoms with Crippen molar-refractivity contribution >= 4 is 12.1 Å². The Morgan fingerprint density at radius 3 is 2.25 bits per heavy atom. The predicted molar refractivity (Wildman–Crippen MR) is 210 cm³/mol. The number of hydrogen-bond acceptors (Lipinski definition) is 13. The number of rotatable bonds is 9. The Bertz CT molecular complexity index is 1310. The Kier molecular flexibility index (Phi) is 17.5. The summed E-state index contributed by atoms with van der Waals surface area (Å²) in [7, 11) is 5.18. The number of terminal acetylenes is 1. The molecular formula is C42H74N2O12. The highest BCUT2D eigenvalue weighted by molar-refractivity contribution is 5.73. The lowest BCUT2D eigenvalue weighted by molar-refractivity contribution is -0.291. The fourth-order valence-electron chi connectivity index (χ4n) is 9.08. The molecule has 0 bridgehead atoms. The van der Waals surface area contributed by atoms with Gasteiger partial charge in [-0.25, -0.2) is 4.79 Å². The molecule has 0 spiro atoms. The van der Waals surface area contributed by atoms with E-state index in [4.69, 9.17) is 39.6 Å². The van der Waals surface area contributed by atoms with Crippen LogP contribution in [0.3, 0.4) is 0 Å². The molecule has 0 aromatic carbocycles. The Morgan fingerprint density at radius 1 is 1.00 bits per heavy atom. The van der Waals surface area contributed by atoms with Crippen molar-refractivity contribution in [3.63, 3.8) is 0 Å². The van der Waals surface area contributed by atoms with Crippen molar-refractivity contribution in [2.75, 3.05) is 34.4 Å². The van der Waals surface area contributed by atoms with Gasteiger partial charge in [-0.05, 0) is 80.7 Å². The van der Waals surface area contributed by atoms with Gasteiger partial charge in [0, 0.05) is 64.4 Å². The molecule has 3 aliphatic heterocycles. The lowest BCUT2D eigenvalue weighted by atomic mass is 9.77. The molecule has 56 heavy (non-hydrogen) atoms. The van der Waals surface area contributed by atoms with Crippen molar-refractivity contribution in [2.45, 2.75) is 192 Å². The topological polar surface area (TPSA) is 166 Å². The minimum Gasteiger partial charge on any atom is -0.459 e. The fourth-order valence-corrected chi connectivity index (χ4v) is 9.08. The van der Waals surface area contributed by atoms with Crippen LogP contribution in [0.25, 0.3) is 0 Å². The highest BCUT2D eigenvalue weighted by Crippen LogP contribution is 2.40. The van der Waals surface area contributed by atoms with Crippen molar-refractivity contribution < 1.29 is 58.1 Å². The quantitative estimate of drug-likeness (QED) is 0.170. The van der Waals surface area contributed by atoms with E-state index in [9.17, 15) is 24.9 Å². The van der Waals surface area contributed by atoms with E-state index in [1.807, 2.05) is 53.5 Å². The van der Waals surface area contributed by atoms with Gasteiger partial charge in [-0.3, -0.25) is 4.79 Å². The predicted octanol–water partition coefficient (Wildman–Crippen LogP) is 4.49. The van der Waals surface area contributed by atoms with Crippen LogP contribution in [0.15, 0.2) is 0 Å². The third-order valence-corrected chi connectivity index (χ3v) is 12.4. The number of nitrogens with zero attached hydrogens (tertiary/aromatic N) is 2. The van der Waals surface area contributed by atoms with Gasteiger partial charge in [0.05, 0.1) is 41.5 Å². The number of amides is 1. The average Bonchev–Trinajstić information content (AvgIpc) is 3.11. The van der Waals surface area contributed by atoms with E-state index in [0.717, 1.165) is 0 Å². The molecule has 3 N–H and O–H groups in total. The van der Waals surface area contributed by atoms with Gasteiger partial charge < -0.3 is 58.3 Å². The summed E-state index contributed by atoms with van der Waals surface area (Å²) in [5, 5.41) is 35.9. The van der Waals surface area contributed by atoms with Gasteiger partial charge >= 0.3 is 12.1 Å². The van der Waals surface area contributed by atoms with Gasteiger partial charge in [0.15, 0.2) is 12.6 Å². The molecule has 3 rings (SSSR count). The van der Waals surface area contributed by atoms with Crippen LogP contribution in [-0.2, 0) is 38.0 Å². The Hall–Kier alpha value is -2.06. The minimum atomic E-state index is -1.78. The SMILES string of the molecule is C#CCCOC(=O)N(C)[C@@H]1C[C@H](O[C@@H]2[C@@H](C)[C@H](O[C@H]3C[C@@](C)(OC)C[C@H](C)O3)[C@@H](C)C(=O)O[C@H](CC)[C@@](C)(O)[C@H](O)[C@@H](C)N(C)C[C@H](C)C[C@@]2(C)O)O[C@H](C)C1. The van der Waals surface area contributed by atoms with Crippen LogP contribution in [0, 0.1) is 30.1 Å². The lowest BCUT2D eigenvalue weighted by Crippen LogP contribution is -2.59. The zero-order valence-corrected chi connectivity index (χ0v) is 36.4. The molecule has 14 nitrogen and oxygen atoms in total. The van der Waals surface area contributed by atoms with Crippen LogP contribution in [0.1, 0.15) is 114 Å². The smallest absolute Gasteiger partial charge is 0.409 e. The van der Waals surface area contributed by atoms with Crippen LogP contribution in [0.5, 0.6) is 0 Å². The van der Waals surface area contributed by atoms with E-state index in [1.165, 1.54) is 11.8 Å². The van der Waals surface area contributed by atoms with Crippen LogP contribution in [0.4, 0.5) is 4.79 Å².